The number of para-hydroxylation sites is 1. The van der Waals surface area contributed by atoms with E-state index in [1.807, 2.05) is 67.4 Å². The quantitative estimate of drug-likeness (QED) is 0.488. The van der Waals surface area contributed by atoms with Crippen molar-refractivity contribution >= 4 is 28.2 Å². The largest absolute Gasteiger partial charge is 0.456 e. The van der Waals surface area contributed by atoms with Gasteiger partial charge in [0.1, 0.15) is 35.4 Å². The van der Waals surface area contributed by atoms with Crippen molar-refractivity contribution in [3.05, 3.63) is 78.4 Å². The number of fused-ring (bicyclic) bond motifs is 1. The van der Waals surface area contributed by atoms with Crippen LogP contribution < -0.4 is 9.64 Å². The number of aryl methyl sites for hydroxylation is 1. The van der Waals surface area contributed by atoms with Crippen LogP contribution in [-0.4, -0.2) is 39.5 Å². The molecule has 1 N–H and O–H groups in total. The summed E-state index contributed by atoms with van der Waals surface area (Å²) in [6.45, 7) is 1.32. The van der Waals surface area contributed by atoms with Gasteiger partial charge >= 0.3 is 0 Å². The second-order valence-electron chi connectivity index (χ2n) is 6.73. The molecule has 0 atom stereocenters. The van der Waals surface area contributed by atoms with Gasteiger partial charge in [0.15, 0.2) is 0 Å². The number of Topliss-reactive ketones (excluding diaryl/α,β-unsaturated/α-hetero) is 1. The van der Waals surface area contributed by atoms with Crippen LogP contribution in [-0.2, 0) is 0 Å². The minimum atomic E-state index is -0.566. The maximum atomic E-state index is 11.4. The van der Waals surface area contributed by atoms with E-state index in [9.17, 15) is 4.79 Å². The Morgan fingerprint density at radius 1 is 1.00 bits per heavy atom. The summed E-state index contributed by atoms with van der Waals surface area (Å²) < 4.78 is 5.80. The molecule has 0 saturated heterocycles. The maximum absolute atomic E-state index is 11.4. The number of ether oxygens (including phenoxy) is 1. The molecule has 0 aliphatic heterocycles. The zero-order valence-corrected chi connectivity index (χ0v) is 16.6. The number of carbonyl (C=O) groups is 1. The molecule has 30 heavy (non-hydrogen) atoms. The molecule has 7 nitrogen and oxygen atoms in total. The molecule has 4 rings (SSSR count). The Bertz CT molecular complexity index is 1190. The van der Waals surface area contributed by atoms with Crippen LogP contribution >= 0.6 is 0 Å². The minimum Gasteiger partial charge on any atom is -0.456 e. The molecule has 2 aromatic carbocycles. The summed E-state index contributed by atoms with van der Waals surface area (Å²) in [6.07, 6.45) is 1.46. The SMILES string of the molecule is Cc1nc(N(C)c2ccc(Oc3ccc(C(=O)CO)nc3)cc2)c2ccccc2n1. The average Bonchev–Trinajstić information content (AvgIpc) is 2.78. The summed E-state index contributed by atoms with van der Waals surface area (Å²) >= 11 is 0. The molecule has 0 amide bonds. The van der Waals surface area contributed by atoms with Gasteiger partial charge in [-0.3, -0.25) is 4.79 Å². The lowest BCUT2D eigenvalue weighted by Gasteiger charge is -2.20. The van der Waals surface area contributed by atoms with Crippen LogP contribution in [0.2, 0.25) is 0 Å². The lowest BCUT2D eigenvalue weighted by atomic mass is 10.2. The van der Waals surface area contributed by atoms with Gasteiger partial charge < -0.3 is 14.7 Å². The fourth-order valence-electron chi connectivity index (χ4n) is 3.11. The number of aromatic nitrogens is 3. The van der Waals surface area contributed by atoms with Crippen LogP contribution in [0.3, 0.4) is 0 Å². The highest BCUT2D eigenvalue weighted by Crippen LogP contribution is 2.30. The van der Waals surface area contributed by atoms with E-state index in [0.717, 1.165) is 22.4 Å². The molecule has 0 unspecified atom stereocenters. The third kappa shape index (κ3) is 3.97. The standard InChI is InChI=1S/C23H20N4O3/c1-15-25-20-6-4-3-5-19(20)23(26-15)27(2)16-7-9-17(10-8-16)30-18-11-12-21(24-13-18)22(29)14-28/h3-13,28H,14H2,1-2H3. The van der Waals surface area contributed by atoms with E-state index in [2.05, 4.69) is 15.0 Å². The van der Waals surface area contributed by atoms with Crippen molar-refractivity contribution in [2.75, 3.05) is 18.6 Å². The molecule has 150 valence electrons. The Kier molecular flexibility index (Phi) is 5.36. The first kappa shape index (κ1) is 19.5. The van der Waals surface area contributed by atoms with E-state index < -0.39 is 12.4 Å². The molecule has 2 aromatic heterocycles. The van der Waals surface area contributed by atoms with Crippen molar-refractivity contribution in [2.45, 2.75) is 6.92 Å². The Balaban J connectivity index is 1.54. The molecule has 0 bridgehead atoms. The number of rotatable bonds is 6. The van der Waals surface area contributed by atoms with Crippen LogP contribution in [0.15, 0.2) is 66.9 Å². The third-order valence-electron chi connectivity index (χ3n) is 4.64. The van der Waals surface area contributed by atoms with E-state index in [-0.39, 0.29) is 5.69 Å². The van der Waals surface area contributed by atoms with Crippen LogP contribution in [0.1, 0.15) is 16.3 Å². The minimum absolute atomic E-state index is 0.203. The molecule has 4 aromatic rings. The zero-order chi connectivity index (χ0) is 21.1. The second-order valence-corrected chi connectivity index (χ2v) is 6.73. The molecule has 0 spiro atoms. The smallest absolute Gasteiger partial charge is 0.206 e. The van der Waals surface area contributed by atoms with Gasteiger partial charge in [0, 0.05) is 18.1 Å². The Morgan fingerprint density at radius 3 is 2.43 bits per heavy atom. The fraction of sp³-hybridized carbons (Fsp3) is 0.130. The van der Waals surface area contributed by atoms with Gasteiger partial charge in [-0.05, 0) is 55.5 Å². The number of ketones is 1. The number of benzene rings is 2. The first-order valence-electron chi connectivity index (χ1n) is 9.40. The van der Waals surface area contributed by atoms with Crippen molar-refractivity contribution < 1.29 is 14.6 Å². The van der Waals surface area contributed by atoms with Crippen LogP contribution in [0.4, 0.5) is 11.5 Å². The van der Waals surface area contributed by atoms with E-state index in [1.165, 1.54) is 12.3 Å². The van der Waals surface area contributed by atoms with Crippen LogP contribution in [0.25, 0.3) is 10.9 Å². The van der Waals surface area contributed by atoms with Crippen molar-refractivity contribution in [2.24, 2.45) is 0 Å². The third-order valence-corrected chi connectivity index (χ3v) is 4.64. The Morgan fingerprint density at radius 2 is 1.73 bits per heavy atom. The summed E-state index contributed by atoms with van der Waals surface area (Å²) in [7, 11) is 1.96. The second kappa shape index (κ2) is 8.26. The summed E-state index contributed by atoms with van der Waals surface area (Å²) in [5.74, 6) is 2.26. The van der Waals surface area contributed by atoms with Crippen molar-refractivity contribution in [1.29, 1.82) is 0 Å². The number of hydrogen-bond acceptors (Lipinski definition) is 7. The number of pyridine rings is 1. The van der Waals surface area contributed by atoms with E-state index in [1.54, 1.807) is 6.07 Å². The first-order valence-corrected chi connectivity index (χ1v) is 9.40. The lowest BCUT2D eigenvalue weighted by Crippen LogP contribution is -2.12. The number of hydrogen-bond donors (Lipinski definition) is 1. The van der Waals surface area contributed by atoms with Gasteiger partial charge in [-0.15, -0.1) is 0 Å². The van der Waals surface area contributed by atoms with Gasteiger partial charge in [0.05, 0.1) is 11.7 Å². The Hall–Kier alpha value is -3.84. The number of aliphatic hydroxyl groups is 1. The summed E-state index contributed by atoms with van der Waals surface area (Å²) in [5, 5.41) is 9.87. The first-order chi connectivity index (χ1) is 14.5. The highest BCUT2D eigenvalue weighted by Gasteiger charge is 2.12. The average molecular weight is 400 g/mol. The zero-order valence-electron chi connectivity index (χ0n) is 16.6. The number of nitrogens with zero attached hydrogens (tertiary/aromatic N) is 4. The predicted molar refractivity (Wildman–Crippen MR) is 115 cm³/mol. The van der Waals surface area contributed by atoms with E-state index >= 15 is 0 Å². The number of aliphatic hydroxyl groups excluding tert-OH is 1. The van der Waals surface area contributed by atoms with Gasteiger partial charge in [0.2, 0.25) is 5.78 Å². The maximum Gasteiger partial charge on any atom is 0.206 e. The molecule has 0 saturated carbocycles. The van der Waals surface area contributed by atoms with Crippen LogP contribution in [0.5, 0.6) is 11.5 Å². The van der Waals surface area contributed by atoms with E-state index in [4.69, 9.17) is 9.84 Å². The molecule has 0 aliphatic rings. The molecule has 0 fully saturated rings. The molecule has 7 heteroatoms. The normalized spacial score (nSPS) is 10.8. The van der Waals surface area contributed by atoms with Crippen molar-refractivity contribution in [3.63, 3.8) is 0 Å². The predicted octanol–water partition coefficient (Wildman–Crippen LogP) is 4.07. The summed E-state index contributed by atoms with van der Waals surface area (Å²) in [5.41, 5.74) is 2.06. The molecule has 0 aliphatic carbocycles. The van der Waals surface area contributed by atoms with Gasteiger partial charge in [0.25, 0.3) is 0 Å². The monoisotopic (exact) mass is 400 g/mol. The highest BCUT2D eigenvalue weighted by atomic mass is 16.5. The topological polar surface area (TPSA) is 88.4 Å². The van der Waals surface area contributed by atoms with Crippen molar-refractivity contribution in [3.8, 4) is 11.5 Å². The van der Waals surface area contributed by atoms with Crippen molar-refractivity contribution in [1.82, 2.24) is 15.0 Å². The number of anilines is 2. The number of carbonyl (C=O) groups excluding carboxylic acids is 1. The summed E-state index contributed by atoms with van der Waals surface area (Å²) in [6, 6.07) is 18.7. The fourth-order valence-corrected chi connectivity index (χ4v) is 3.11. The highest BCUT2D eigenvalue weighted by molar-refractivity contribution is 5.95. The lowest BCUT2D eigenvalue weighted by molar-refractivity contribution is 0.0898. The Labute approximate surface area is 173 Å². The molecule has 0 radical (unpaired) electrons. The van der Waals surface area contributed by atoms with Gasteiger partial charge in [-0.2, -0.15) is 0 Å². The molecule has 2 heterocycles. The van der Waals surface area contributed by atoms with E-state index in [0.29, 0.717) is 17.3 Å². The van der Waals surface area contributed by atoms with Crippen LogP contribution in [0, 0.1) is 6.92 Å². The molecular formula is C23H20N4O3. The summed E-state index contributed by atoms with van der Waals surface area (Å²) in [4.78, 5) is 26.6. The van der Waals surface area contributed by atoms with Gasteiger partial charge in [-0.25, -0.2) is 15.0 Å². The molecular weight excluding hydrogens is 380 g/mol. The van der Waals surface area contributed by atoms with Gasteiger partial charge in [-0.1, -0.05) is 12.1 Å².